The summed E-state index contributed by atoms with van der Waals surface area (Å²) >= 11 is 5.50. The Hall–Kier alpha value is -0.880. The van der Waals surface area contributed by atoms with Crippen molar-refractivity contribution in [1.29, 1.82) is 0 Å². The van der Waals surface area contributed by atoms with Crippen molar-refractivity contribution in [3.8, 4) is 0 Å². The third kappa shape index (κ3) is 2.82. The van der Waals surface area contributed by atoms with Crippen molar-refractivity contribution in [2.45, 2.75) is 18.6 Å². The highest BCUT2D eigenvalue weighted by Gasteiger charge is 2.32. The number of hydrogen-bond acceptors (Lipinski definition) is 1. The lowest BCUT2D eigenvalue weighted by atomic mass is 10.0. The lowest BCUT2D eigenvalue weighted by molar-refractivity contribution is -0.137. The fraction of sp³-hybridized carbons (Fsp3) is 0.333. The van der Waals surface area contributed by atoms with Crippen LogP contribution in [0.4, 0.5) is 22.0 Å². The molecule has 1 unspecified atom stereocenters. The molecule has 1 atom stereocenters. The summed E-state index contributed by atoms with van der Waals surface area (Å²) in [4.78, 5) is 0. The van der Waals surface area contributed by atoms with Crippen LogP contribution in [-0.2, 0) is 6.18 Å². The summed E-state index contributed by atoms with van der Waals surface area (Å²) < 4.78 is 61.4. The van der Waals surface area contributed by atoms with Crippen molar-refractivity contribution in [1.82, 2.24) is 0 Å². The van der Waals surface area contributed by atoms with Gasteiger partial charge in [-0.05, 0) is 23.8 Å². The smallest absolute Gasteiger partial charge is 0.319 e. The molecule has 0 aromatic heterocycles. The topological polar surface area (TPSA) is 26.0 Å². The largest absolute Gasteiger partial charge is 0.416 e. The molecule has 2 N–H and O–H groups in total. The van der Waals surface area contributed by atoms with Gasteiger partial charge in [0.1, 0.15) is 0 Å². The minimum Gasteiger partial charge on any atom is -0.319 e. The number of rotatable bonds is 2. The van der Waals surface area contributed by atoms with E-state index in [1.54, 1.807) is 0 Å². The molecule has 0 aliphatic carbocycles. The standard InChI is InChI=1S/C9H7ClF5N/c10-6-2-1-4(9(13,14)15)3-5(6)7(16)8(11)12/h1-3,7-8H,16H2. The molecular formula is C9H7ClF5N. The molecule has 0 bridgehead atoms. The zero-order valence-corrected chi connectivity index (χ0v) is 8.49. The Morgan fingerprint density at radius 3 is 2.19 bits per heavy atom. The van der Waals surface area contributed by atoms with Crippen molar-refractivity contribution < 1.29 is 22.0 Å². The summed E-state index contributed by atoms with van der Waals surface area (Å²) in [5, 5.41) is -0.208. The van der Waals surface area contributed by atoms with Gasteiger partial charge in [-0.3, -0.25) is 0 Å². The van der Waals surface area contributed by atoms with E-state index in [4.69, 9.17) is 17.3 Å². The van der Waals surface area contributed by atoms with Crippen LogP contribution in [0.3, 0.4) is 0 Å². The Morgan fingerprint density at radius 2 is 1.75 bits per heavy atom. The van der Waals surface area contributed by atoms with Crippen molar-refractivity contribution in [2.24, 2.45) is 5.73 Å². The van der Waals surface area contributed by atoms with Crippen LogP contribution in [0.2, 0.25) is 5.02 Å². The Balaban J connectivity index is 3.19. The lowest BCUT2D eigenvalue weighted by Crippen LogP contribution is -2.20. The van der Waals surface area contributed by atoms with E-state index in [1.165, 1.54) is 0 Å². The van der Waals surface area contributed by atoms with Gasteiger partial charge in [-0.25, -0.2) is 8.78 Å². The molecule has 0 saturated carbocycles. The summed E-state index contributed by atoms with van der Waals surface area (Å²) in [6, 6.07) is 0.334. The highest BCUT2D eigenvalue weighted by atomic mass is 35.5. The van der Waals surface area contributed by atoms with E-state index in [9.17, 15) is 22.0 Å². The molecule has 1 nitrogen and oxygen atoms in total. The van der Waals surface area contributed by atoms with Crippen LogP contribution in [0.5, 0.6) is 0 Å². The Kier molecular flexibility index (Phi) is 3.75. The molecule has 0 amide bonds. The zero-order chi connectivity index (χ0) is 12.5. The molecule has 16 heavy (non-hydrogen) atoms. The van der Waals surface area contributed by atoms with E-state index in [2.05, 4.69) is 0 Å². The monoisotopic (exact) mass is 259 g/mol. The molecule has 0 fully saturated rings. The second-order valence-corrected chi connectivity index (χ2v) is 3.50. The first kappa shape index (κ1) is 13.2. The third-order valence-corrected chi connectivity index (χ3v) is 2.30. The first-order valence-electron chi connectivity index (χ1n) is 4.14. The van der Waals surface area contributed by atoms with E-state index in [0.717, 1.165) is 6.07 Å². The maximum Gasteiger partial charge on any atom is 0.416 e. The minimum absolute atomic E-state index is 0.208. The quantitative estimate of drug-likeness (QED) is 0.807. The number of hydrogen-bond donors (Lipinski definition) is 1. The summed E-state index contributed by atoms with van der Waals surface area (Å²) in [6.45, 7) is 0. The van der Waals surface area contributed by atoms with Gasteiger partial charge >= 0.3 is 6.18 Å². The predicted octanol–water partition coefficient (Wildman–Crippen LogP) is 3.62. The van der Waals surface area contributed by atoms with Crippen LogP contribution < -0.4 is 5.73 Å². The van der Waals surface area contributed by atoms with Crippen molar-refractivity contribution in [3.05, 3.63) is 34.3 Å². The van der Waals surface area contributed by atoms with Gasteiger partial charge in [0.15, 0.2) is 0 Å². The highest BCUT2D eigenvalue weighted by molar-refractivity contribution is 6.31. The SMILES string of the molecule is NC(c1cc(C(F)(F)F)ccc1Cl)C(F)F. The van der Waals surface area contributed by atoms with Gasteiger partial charge in [0.2, 0.25) is 0 Å². The van der Waals surface area contributed by atoms with Gasteiger partial charge in [0.25, 0.3) is 6.43 Å². The molecule has 1 rings (SSSR count). The molecule has 1 aromatic carbocycles. The molecule has 0 radical (unpaired) electrons. The Morgan fingerprint density at radius 1 is 1.19 bits per heavy atom. The van der Waals surface area contributed by atoms with Crippen molar-refractivity contribution >= 4 is 11.6 Å². The summed E-state index contributed by atoms with van der Waals surface area (Å²) in [7, 11) is 0. The lowest BCUT2D eigenvalue weighted by Gasteiger charge is -2.15. The van der Waals surface area contributed by atoms with Gasteiger partial charge in [-0.2, -0.15) is 13.2 Å². The Bertz CT molecular complexity index is 377. The van der Waals surface area contributed by atoms with Crippen molar-refractivity contribution in [2.75, 3.05) is 0 Å². The minimum atomic E-state index is -4.61. The number of alkyl halides is 5. The number of nitrogens with two attached hydrogens (primary N) is 1. The molecule has 0 heterocycles. The molecule has 90 valence electrons. The maximum atomic E-state index is 12.3. The van der Waals surface area contributed by atoms with E-state index in [1.807, 2.05) is 0 Å². The summed E-state index contributed by atoms with van der Waals surface area (Å²) in [5.41, 5.74) is 3.59. The van der Waals surface area contributed by atoms with E-state index in [-0.39, 0.29) is 5.02 Å². The van der Waals surface area contributed by atoms with Crippen LogP contribution in [0.15, 0.2) is 18.2 Å². The van der Waals surface area contributed by atoms with Gasteiger partial charge in [-0.15, -0.1) is 0 Å². The first-order chi connectivity index (χ1) is 7.23. The number of halogens is 6. The fourth-order valence-corrected chi connectivity index (χ4v) is 1.35. The average Bonchev–Trinajstić information content (AvgIpc) is 2.15. The van der Waals surface area contributed by atoms with Crippen LogP contribution in [0.25, 0.3) is 0 Å². The summed E-state index contributed by atoms with van der Waals surface area (Å²) in [6.07, 6.45) is -7.58. The van der Waals surface area contributed by atoms with E-state index < -0.39 is 29.8 Å². The average molecular weight is 260 g/mol. The zero-order valence-electron chi connectivity index (χ0n) is 7.73. The Labute approximate surface area is 93.0 Å². The van der Waals surface area contributed by atoms with E-state index in [0.29, 0.717) is 12.1 Å². The molecule has 0 aliphatic rings. The van der Waals surface area contributed by atoms with E-state index >= 15 is 0 Å². The molecule has 0 saturated heterocycles. The van der Waals surface area contributed by atoms with Gasteiger partial charge in [0, 0.05) is 5.02 Å². The van der Waals surface area contributed by atoms with Gasteiger partial charge in [-0.1, -0.05) is 11.6 Å². The normalized spacial score (nSPS) is 14.2. The number of benzene rings is 1. The van der Waals surface area contributed by atoms with Gasteiger partial charge < -0.3 is 5.73 Å². The fourth-order valence-electron chi connectivity index (χ4n) is 1.11. The van der Waals surface area contributed by atoms with Crippen LogP contribution in [0.1, 0.15) is 17.2 Å². The summed E-state index contributed by atoms with van der Waals surface area (Å²) in [5.74, 6) is 0. The molecule has 0 aliphatic heterocycles. The van der Waals surface area contributed by atoms with Gasteiger partial charge in [0.05, 0.1) is 11.6 Å². The highest BCUT2D eigenvalue weighted by Crippen LogP contribution is 2.34. The second kappa shape index (κ2) is 4.55. The molecule has 7 heteroatoms. The van der Waals surface area contributed by atoms with Crippen LogP contribution >= 0.6 is 11.6 Å². The van der Waals surface area contributed by atoms with Crippen LogP contribution in [0, 0.1) is 0 Å². The van der Waals surface area contributed by atoms with Crippen LogP contribution in [-0.4, -0.2) is 6.43 Å². The van der Waals surface area contributed by atoms with Crippen molar-refractivity contribution in [3.63, 3.8) is 0 Å². The predicted molar refractivity (Wildman–Crippen MR) is 49.4 cm³/mol. The third-order valence-electron chi connectivity index (χ3n) is 1.95. The molecule has 1 aromatic rings. The molecule has 0 spiro atoms. The first-order valence-corrected chi connectivity index (χ1v) is 4.51. The second-order valence-electron chi connectivity index (χ2n) is 3.09. The molecular weight excluding hydrogens is 253 g/mol. The maximum absolute atomic E-state index is 12.3.